The standard InChI is InChI=1S/C6H13O.H3N/c1-4-6(3,7)5-2;/h4-5H2,1-3H3;1H3/q-1;/p+1. The molecule has 0 rings (SSSR count). The molecule has 4 N–H and O–H groups in total. The lowest BCUT2D eigenvalue weighted by Crippen LogP contribution is -2.38. The molecule has 0 unspecified atom stereocenters. The minimum atomic E-state index is -0.667. The van der Waals surface area contributed by atoms with Gasteiger partial charge in [0.15, 0.2) is 0 Å². The van der Waals surface area contributed by atoms with E-state index >= 15 is 0 Å². The van der Waals surface area contributed by atoms with E-state index in [1.807, 2.05) is 13.8 Å². The summed E-state index contributed by atoms with van der Waals surface area (Å²) in [6.07, 6.45) is 1.48. The molecule has 0 aliphatic rings. The molecule has 0 bridgehead atoms. The van der Waals surface area contributed by atoms with Gasteiger partial charge in [0.1, 0.15) is 0 Å². The third-order valence-electron chi connectivity index (χ3n) is 1.50. The zero-order valence-electron chi connectivity index (χ0n) is 6.32. The first-order valence-corrected chi connectivity index (χ1v) is 2.83. The Morgan fingerprint density at radius 1 is 1.25 bits per heavy atom. The van der Waals surface area contributed by atoms with Crippen LogP contribution in [0.4, 0.5) is 0 Å². The van der Waals surface area contributed by atoms with Gasteiger partial charge in [-0.2, -0.15) is 0 Å². The molecule has 0 aliphatic carbocycles. The van der Waals surface area contributed by atoms with E-state index in [1.165, 1.54) is 0 Å². The average molecular weight is 119 g/mol. The second-order valence-corrected chi connectivity index (χ2v) is 2.16. The van der Waals surface area contributed by atoms with Crippen molar-refractivity contribution in [3.05, 3.63) is 0 Å². The van der Waals surface area contributed by atoms with Crippen molar-refractivity contribution < 1.29 is 5.11 Å². The molecule has 0 saturated carbocycles. The third kappa shape index (κ3) is 4.09. The summed E-state index contributed by atoms with van der Waals surface area (Å²) in [5.41, 5.74) is -0.667. The van der Waals surface area contributed by atoms with E-state index in [0.29, 0.717) is 0 Å². The smallest absolute Gasteiger partial charge is 0.0661 e. The first-order valence-electron chi connectivity index (χ1n) is 2.83. The SMILES string of the molecule is CCC(C)([O-])CC.[NH4+]. The van der Waals surface area contributed by atoms with E-state index in [1.54, 1.807) is 6.92 Å². The summed E-state index contributed by atoms with van der Waals surface area (Å²) in [7, 11) is 0. The summed E-state index contributed by atoms with van der Waals surface area (Å²) < 4.78 is 0. The fourth-order valence-corrected chi connectivity index (χ4v) is 0.250. The van der Waals surface area contributed by atoms with Crippen LogP contribution in [0.2, 0.25) is 0 Å². The van der Waals surface area contributed by atoms with Gasteiger partial charge in [-0.25, -0.2) is 0 Å². The van der Waals surface area contributed by atoms with Crippen molar-refractivity contribution in [2.45, 2.75) is 39.2 Å². The molecule has 0 aromatic rings. The minimum absolute atomic E-state index is 0. The Balaban J connectivity index is 0. The van der Waals surface area contributed by atoms with Crippen LogP contribution < -0.4 is 11.3 Å². The quantitative estimate of drug-likeness (QED) is 0.585. The molecule has 2 heteroatoms. The highest BCUT2D eigenvalue weighted by Crippen LogP contribution is 2.06. The maximum Gasteiger partial charge on any atom is -0.0661 e. The van der Waals surface area contributed by atoms with Gasteiger partial charge in [-0.3, -0.25) is 0 Å². The molecule has 0 heterocycles. The van der Waals surface area contributed by atoms with E-state index in [-0.39, 0.29) is 6.15 Å². The van der Waals surface area contributed by atoms with Crippen LogP contribution in [-0.4, -0.2) is 5.60 Å². The topological polar surface area (TPSA) is 59.6 Å². The summed E-state index contributed by atoms with van der Waals surface area (Å²) in [6, 6.07) is 0. The second-order valence-electron chi connectivity index (χ2n) is 2.16. The van der Waals surface area contributed by atoms with Crippen LogP contribution >= 0.6 is 0 Å². The van der Waals surface area contributed by atoms with Gasteiger partial charge in [0, 0.05) is 0 Å². The van der Waals surface area contributed by atoms with E-state index < -0.39 is 5.60 Å². The third-order valence-corrected chi connectivity index (χ3v) is 1.50. The lowest BCUT2D eigenvalue weighted by atomic mass is 10.0. The van der Waals surface area contributed by atoms with Crippen molar-refractivity contribution in [1.29, 1.82) is 0 Å². The normalized spacial score (nSPS) is 10.5. The number of rotatable bonds is 2. The number of quaternary nitrogens is 1. The van der Waals surface area contributed by atoms with Crippen molar-refractivity contribution >= 4 is 0 Å². The van der Waals surface area contributed by atoms with Crippen molar-refractivity contribution in [2.75, 3.05) is 0 Å². The molecule has 0 amide bonds. The Morgan fingerprint density at radius 3 is 1.50 bits per heavy atom. The van der Waals surface area contributed by atoms with Crippen molar-refractivity contribution in [2.24, 2.45) is 0 Å². The Morgan fingerprint density at radius 2 is 1.50 bits per heavy atom. The molecular weight excluding hydrogens is 102 g/mol. The first-order chi connectivity index (χ1) is 3.12. The van der Waals surface area contributed by atoms with Gasteiger partial charge in [-0.05, 0) is 0 Å². The van der Waals surface area contributed by atoms with Gasteiger partial charge >= 0.3 is 0 Å². The zero-order valence-corrected chi connectivity index (χ0v) is 6.32. The van der Waals surface area contributed by atoms with Crippen LogP contribution in [0.1, 0.15) is 33.6 Å². The molecule has 0 radical (unpaired) electrons. The number of hydrogen-bond donors (Lipinski definition) is 1. The Labute approximate surface area is 51.5 Å². The van der Waals surface area contributed by atoms with E-state index in [4.69, 9.17) is 0 Å². The molecule has 0 spiro atoms. The van der Waals surface area contributed by atoms with Gasteiger partial charge in [0.2, 0.25) is 0 Å². The Kier molecular flexibility index (Phi) is 5.23. The fourth-order valence-electron chi connectivity index (χ4n) is 0.250. The van der Waals surface area contributed by atoms with Crippen molar-refractivity contribution in [3.8, 4) is 0 Å². The van der Waals surface area contributed by atoms with Crippen molar-refractivity contribution in [1.82, 2.24) is 6.15 Å². The highest BCUT2D eigenvalue weighted by molar-refractivity contribution is 4.63. The molecule has 0 atom stereocenters. The molecule has 0 aromatic heterocycles. The molecule has 8 heavy (non-hydrogen) atoms. The van der Waals surface area contributed by atoms with Crippen LogP contribution in [-0.2, 0) is 0 Å². The average Bonchev–Trinajstić information content (AvgIpc) is 1.68. The summed E-state index contributed by atoms with van der Waals surface area (Å²) in [5.74, 6) is 0. The highest BCUT2D eigenvalue weighted by Gasteiger charge is 1.99. The largest absolute Gasteiger partial charge is 0.850 e. The van der Waals surface area contributed by atoms with Crippen LogP contribution in [0.25, 0.3) is 0 Å². The maximum atomic E-state index is 10.8. The van der Waals surface area contributed by atoms with Gasteiger partial charge in [-0.15, -0.1) is 5.60 Å². The zero-order chi connectivity index (χ0) is 5.91. The second kappa shape index (κ2) is 3.87. The monoisotopic (exact) mass is 119 g/mol. The van der Waals surface area contributed by atoms with Gasteiger partial charge in [0.05, 0.1) is 0 Å². The lowest BCUT2D eigenvalue weighted by molar-refractivity contribution is -0.473. The molecule has 0 aromatic carbocycles. The summed E-state index contributed by atoms with van der Waals surface area (Å²) in [5, 5.41) is 10.8. The van der Waals surface area contributed by atoms with Crippen LogP contribution in [0.3, 0.4) is 0 Å². The molecular formula is C6H17NO. The van der Waals surface area contributed by atoms with Crippen molar-refractivity contribution in [3.63, 3.8) is 0 Å². The molecule has 52 valence electrons. The van der Waals surface area contributed by atoms with E-state index in [9.17, 15) is 5.11 Å². The summed E-state index contributed by atoms with van der Waals surface area (Å²) in [4.78, 5) is 0. The Hall–Kier alpha value is -0.0800. The first kappa shape index (κ1) is 10.8. The van der Waals surface area contributed by atoms with Gasteiger partial charge in [0.25, 0.3) is 0 Å². The van der Waals surface area contributed by atoms with Crippen LogP contribution in [0, 0.1) is 0 Å². The maximum absolute atomic E-state index is 10.8. The number of hydrogen-bond acceptors (Lipinski definition) is 1. The highest BCUT2D eigenvalue weighted by atomic mass is 16.3. The molecule has 0 fully saturated rings. The van der Waals surface area contributed by atoms with E-state index in [0.717, 1.165) is 12.8 Å². The summed E-state index contributed by atoms with van der Waals surface area (Å²) in [6.45, 7) is 5.60. The van der Waals surface area contributed by atoms with Gasteiger partial charge < -0.3 is 11.3 Å². The predicted molar refractivity (Wildman–Crippen MR) is 35.0 cm³/mol. The molecule has 2 nitrogen and oxygen atoms in total. The minimum Gasteiger partial charge on any atom is -0.850 e. The van der Waals surface area contributed by atoms with E-state index in [2.05, 4.69) is 0 Å². The predicted octanol–water partition coefficient (Wildman–Crippen LogP) is 1.30. The Bertz CT molecular complexity index is 46.5. The van der Waals surface area contributed by atoms with Gasteiger partial charge in [-0.1, -0.05) is 33.6 Å². The fraction of sp³-hybridized carbons (Fsp3) is 1.00. The van der Waals surface area contributed by atoms with Crippen LogP contribution in [0.5, 0.6) is 0 Å². The lowest BCUT2D eigenvalue weighted by Gasteiger charge is -2.33. The summed E-state index contributed by atoms with van der Waals surface area (Å²) >= 11 is 0. The molecule has 0 saturated heterocycles. The molecule has 0 aliphatic heterocycles. The van der Waals surface area contributed by atoms with Crippen LogP contribution in [0.15, 0.2) is 0 Å².